The van der Waals surface area contributed by atoms with E-state index in [1.165, 1.54) is 11.3 Å². The van der Waals surface area contributed by atoms with Crippen molar-refractivity contribution < 1.29 is 18.4 Å². The number of hydrogen-bond acceptors (Lipinski definition) is 6. The molecular formula is C14H7Cl2FN2O3S. The molecule has 0 saturated heterocycles. The standard InChI is InChI=1S/C14H7Cl2FN2O3S/c15-8-5-9(16)10(17)4-7(8)14(20)21-6-12-18-13(19-22-12)11-2-1-3-23-11/h1-5H,6H2. The van der Waals surface area contributed by atoms with Gasteiger partial charge in [-0.05, 0) is 23.6 Å². The molecule has 0 unspecified atom stereocenters. The predicted molar refractivity (Wildman–Crippen MR) is 83.2 cm³/mol. The molecule has 118 valence electrons. The highest BCUT2D eigenvalue weighted by molar-refractivity contribution is 7.13. The van der Waals surface area contributed by atoms with Gasteiger partial charge in [0.2, 0.25) is 5.82 Å². The van der Waals surface area contributed by atoms with E-state index in [-0.39, 0.29) is 28.1 Å². The monoisotopic (exact) mass is 372 g/mol. The van der Waals surface area contributed by atoms with Gasteiger partial charge in [0.15, 0.2) is 6.61 Å². The minimum Gasteiger partial charge on any atom is -0.452 e. The van der Waals surface area contributed by atoms with Gasteiger partial charge in [0.1, 0.15) is 5.82 Å². The van der Waals surface area contributed by atoms with E-state index in [1.807, 2.05) is 17.5 Å². The van der Waals surface area contributed by atoms with Crippen molar-refractivity contribution in [1.29, 1.82) is 0 Å². The quantitative estimate of drug-likeness (QED) is 0.494. The summed E-state index contributed by atoms with van der Waals surface area (Å²) < 4.78 is 23.4. The van der Waals surface area contributed by atoms with E-state index in [9.17, 15) is 9.18 Å². The van der Waals surface area contributed by atoms with Crippen LogP contribution in [-0.2, 0) is 11.3 Å². The molecule has 1 aromatic carbocycles. The fourth-order valence-electron chi connectivity index (χ4n) is 1.70. The van der Waals surface area contributed by atoms with Crippen LogP contribution < -0.4 is 0 Å². The van der Waals surface area contributed by atoms with Crippen LogP contribution in [0.3, 0.4) is 0 Å². The Morgan fingerprint density at radius 2 is 2.17 bits per heavy atom. The van der Waals surface area contributed by atoms with Gasteiger partial charge in [0.05, 0.1) is 20.5 Å². The van der Waals surface area contributed by atoms with Crippen LogP contribution in [0.2, 0.25) is 10.0 Å². The molecule has 9 heteroatoms. The molecule has 0 saturated carbocycles. The van der Waals surface area contributed by atoms with Crippen LogP contribution in [0, 0.1) is 5.82 Å². The highest BCUT2D eigenvalue weighted by Crippen LogP contribution is 2.25. The molecule has 0 radical (unpaired) electrons. The summed E-state index contributed by atoms with van der Waals surface area (Å²) in [6.45, 7) is -0.252. The van der Waals surface area contributed by atoms with E-state index in [2.05, 4.69) is 10.1 Å². The highest BCUT2D eigenvalue weighted by Gasteiger charge is 2.17. The minimum atomic E-state index is -0.818. The predicted octanol–water partition coefficient (Wildman–Crippen LogP) is 4.60. The van der Waals surface area contributed by atoms with Gasteiger partial charge in [-0.1, -0.05) is 34.4 Å². The van der Waals surface area contributed by atoms with Crippen molar-refractivity contribution in [3.63, 3.8) is 0 Å². The Kier molecular flexibility index (Phi) is 4.61. The number of esters is 1. The first-order valence-corrected chi connectivity index (χ1v) is 7.86. The van der Waals surface area contributed by atoms with E-state index in [0.29, 0.717) is 5.82 Å². The summed E-state index contributed by atoms with van der Waals surface area (Å²) in [6, 6.07) is 5.74. The average Bonchev–Trinajstić information content (AvgIpc) is 3.19. The number of ether oxygens (including phenoxy) is 1. The zero-order valence-electron chi connectivity index (χ0n) is 11.3. The summed E-state index contributed by atoms with van der Waals surface area (Å²) >= 11 is 12.9. The zero-order valence-corrected chi connectivity index (χ0v) is 13.6. The van der Waals surface area contributed by atoms with Crippen LogP contribution in [0.1, 0.15) is 16.2 Å². The number of thiophene rings is 1. The molecule has 0 bridgehead atoms. The minimum absolute atomic E-state index is 0.00814. The largest absolute Gasteiger partial charge is 0.452 e. The summed E-state index contributed by atoms with van der Waals surface area (Å²) in [7, 11) is 0. The first-order valence-electron chi connectivity index (χ1n) is 6.22. The zero-order chi connectivity index (χ0) is 16.4. The summed E-state index contributed by atoms with van der Waals surface area (Å²) in [4.78, 5) is 16.9. The number of nitrogens with zero attached hydrogens (tertiary/aromatic N) is 2. The van der Waals surface area contributed by atoms with E-state index in [1.54, 1.807) is 0 Å². The van der Waals surface area contributed by atoms with Crippen molar-refractivity contribution in [3.8, 4) is 10.7 Å². The van der Waals surface area contributed by atoms with Gasteiger partial charge in [-0.15, -0.1) is 11.3 Å². The third-order valence-corrected chi connectivity index (χ3v) is 4.23. The van der Waals surface area contributed by atoms with E-state index >= 15 is 0 Å². The molecule has 5 nitrogen and oxygen atoms in total. The lowest BCUT2D eigenvalue weighted by atomic mass is 10.2. The van der Waals surface area contributed by atoms with Gasteiger partial charge in [0.25, 0.3) is 5.89 Å². The number of aromatic nitrogens is 2. The molecule has 0 aliphatic rings. The fourth-order valence-corrected chi connectivity index (χ4v) is 2.81. The molecule has 0 spiro atoms. The molecule has 0 fully saturated rings. The number of hydrogen-bond donors (Lipinski definition) is 0. The fraction of sp³-hybridized carbons (Fsp3) is 0.0714. The lowest BCUT2D eigenvalue weighted by molar-refractivity contribution is 0.0429. The van der Waals surface area contributed by atoms with Crippen molar-refractivity contribution in [2.24, 2.45) is 0 Å². The SMILES string of the molecule is O=C(OCc1nc(-c2cccs2)no1)c1cc(F)c(Cl)cc1Cl. The summed E-state index contributed by atoms with van der Waals surface area (Å²) in [5, 5.41) is 5.47. The lowest BCUT2D eigenvalue weighted by Crippen LogP contribution is -2.07. The molecule has 2 aromatic heterocycles. The van der Waals surface area contributed by atoms with Crippen LogP contribution in [0.25, 0.3) is 10.7 Å². The van der Waals surface area contributed by atoms with Gasteiger partial charge in [0, 0.05) is 0 Å². The molecule has 23 heavy (non-hydrogen) atoms. The maximum absolute atomic E-state index is 13.4. The second-order valence-corrected chi connectivity index (χ2v) is 6.07. The maximum Gasteiger partial charge on any atom is 0.340 e. The Labute approximate surface area is 143 Å². The summed E-state index contributed by atoms with van der Waals surface area (Å²) in [5.74, 6) is -1.06. The third-order valence-electron chi connectivity index (χ3n) is 2.77. The van der Waals surface area contributed by atoms with Crippen molar-refractivity contribution in [1.82, 2.24) is 10.1 Å². The van der Waals surface area contributed by atoms with Gasteiger partial charge >= 0.3 is 5.97 Å². The van der Waals surface area contributed by atoms with Crippen molar-refractivity contribution in [2.75, 3.05) is 0 Å². The Morgan fingerprint density at radius 3 is 2.91 bits per heavy atom. The normalized spacial score (nSPS) is 10.7. The highest BCUT2D eigenvalue weighted by atomic mass is 35.5. The average molecular weight is 373 g/mol. The Morgan fingerprint density at radius 1 is 1.35 bits per heavy atom. The Hall–Kier alpha value is -1.96. The number of carbonyl (C=O) groups excluding carboxylic acids is 1. The molecule has 0 amide bonds. The van der Waals surface area contributed by atoms with Gasteiger partial charge in [-0.25, -0.2) is 9.18 Å². The Balaban J connectivity index is 1.69. The first kappa shape index (κ1) is 15.9. The molecule has 2 heterocycles. The van der Waals surface area contributed by atoms with Crippen LogP contribution in [0.5, 0.6) is 0 Å². The van der Waals surface area contributed by atoms with Crippen LogP contribution in [-0.4, -0.2) is 16.1 Å². The molecule has 0 aliphatic heterocycles. The first-order chi connectivity index (χ1) is 11.0. The van der Waals surface area contributed by atoms with Crippen molar-refractivity contribution >= 4 is 40.5 Å². The van der Waals surface area contributed by atoms with Crippen molar-refractivity contribution in [2.45, 2.75) is 6.61 Å². The summed E-state index contributed by atoms with van der Waals surface area (Å²) in [6.07, 6.45) is 0. The van der Waals surface area contributed by atoms with Crippen LogP contribution in [0.15, 0.2) is 34.2 Å². The molecular weight excluding hydrogens is 366 g/mol. The van der Waals surface area contributed by atoms with E-state index in [0.717, 1.165) is 17.0 Å². The van der Waals surface area contributed by atoms with Gasteiger partial charge in [-0.2, -0.15) is 4.98 Å². The summed E-state index contributed by atoms with van der Waals surface area (Å²) in [5.41, 5.74) is -0.133. The molecule has 3 aromatic rings. The number of halogens is 3. The topological polar surface area (TPSA) is 65.2 Å². The molecule has 0 atom stereocenters. The van der Waals surface area contributed by atoms with Gasteiger partial charge < -0.3 is 9.26 Å². The van der Waals surface area contributed by atoms with Crippen LogP contribution in [0.4, 0.5) is 4.39 Å². The van der Waals surface area contributed by atoms with Crippen LogP contribution >= 0.6 is 34.5 Å². The van der Waals surface area contributed by atoms with E-state index < -0.39 is 11.8 Å². The lowest BCUT2D eigenvalue weighted by Gasteiger charge is -2.05. The third kappa shape index (κ3) is 3.52. The Bertz CT molecular complexity index is 852. The van der Waals surface area contributed by atoms with Crippen molar-refractivity contribution in [3.05, 3.63) is 57.0 Å². The number of carbonyl (C=O) groups is 1. The maximum atomic E-state index is 13.4. The number of rotatable bonds is 4. The second kappa shape index (κ2) is 6.66. The smallest absolute Gasteiger partial charge is 0.340 e. The van der Waals surface area contributed by atoms with Gasteiger partial charge in [-0.3, -0.25) is 0 Å². The molecule has 0 aliphatic carbocycles. The second-order valence-electron chi connectivity index (χ2n) is 4.31. The molecule has 3 rings (SSSR count). The van der Waals surface area contributed by atoms with E-state index in [4.69, 9.17) is 32.5 Å². The molecule has 0 N–H and O–H groups in total. The number of benzene rings is 1.